The number of carbonyl (C=O) groups is 3. The van der Waals surface area contributed by atoms with Gasteiger partial charge < -0.3 is 15.4 Å². The number of nitrogens with one attached hydrogen (secondary N) is 2. The van der Waals surface area contributed by atoms with Gasteiger partial charge in [0.25, 0.3) is 0 Å². The van der Waals surface area contributed by atoms with Crippen molar-refractivity contribution in [3.8, 4) is 0 Å². The van der Waals surface area contributed by atoms with E-state index in [0.29, 0.717) is 21.2 Å². The standard InChI is InChI=1S/C21H21Cl2FN2O4/c1-12(27)25-18(10-13-6-8-14(24)9-7-13)20(28)26-19(21(29)30-2)11-15-16(22)4-3-5-17(15)23/h3-9,18-19H,10-11H2,1-2H3,(H,25,27)(H,26,28)/t18-,19+/m0/s1. The largest absolute Gasteiger partial charge is 0.467 e. The van der Waals surface area contributed by atoms with Crippen LogP contribution in [0.2, 0.25) is 10.0 Å². The Morgan fingerprint density at radius 3 is 2.10 bits per heavy atom. The fraction of sp³-hybridized carbons (Fsp3) is 0.286. The Morgan fingerprint density at radius 1 is 0.967 bits per heavy atom. The Balaban J connectivity index is 2.22. The van der Waals surface area contributed by atoms with Gasteiger partial charge in [0.1, 0.15) is 17.9 Å². The molecule has 0 unspecified atom stereocenters. The molecule has 0 saturated heterocycles. The third kappa shape index (κ3) is 6.71. The molecule has 0 aromatic heterocycles. The second-order valence-electron chi connectivity index (χ2n) is 6.57. The molecule has 2 N–H and O–H groups in total. The molecule has 6 nitrogen and oxygen atoms in total. The van der Waals surface area contributed by atoms with Gasteiger partial charge in [0.05, 0.1) is 7.11 Å². The highest BCUT2D eigenvalue weighted by Gasteiger charge is 2.28. The first-order valence-corrected chi connectivity index (χ1v) is 9.79. The van der Waals surface area contributed by atoms with Gasteiger partial charge in [-0.2, -0.15) is 0 Å². The maximum atomic E-state index is 13.1. The number of hydrogen-bond acceptors (Lipinski definition) is 4. The lowest BCUT2D eigenvalue weighted by atomic mass is 10.0. The van der Waals surface area contributed by atoms with E-state index in [4.69, 9.17) is 27.9 Å². The van der Waals surface area contributed by atoms with E-state index in [9.17, 15) is 18.8 Å². The van der Waals surface area contributed by atoms with Crippen LogP contribution in [0.4, 0.5) is 4.39 Å². The van der Waals surface area contributed by atoms with Crippen molar-refractivity contribution in [3.63, 3.8) is 0 Å². The van der Waals surface area contributed by atoms with E-state index in [1.165, 1.54) is 38.3 Å². The lowest BCUT2D eigenvalue weighted by molar-refractivity contribution is -0.145. The van der Waals surface area contributed by atoms with Gasteiger partial charge in [-0.15, -0.1) is 0 Å². The average Bonchev–Trinajstić information content (AvgIpc) is 2.70. The van der Waals surface area contributed by atoms with Crippen LogP contribution in [0.1, 0.15) is 18.1 Å². The monoisotopic (exact) mass is 454 g/mol. The van der Waals surface area contributed by atoms with Crippen molar-refractivity contribution in [1.82, 2.24) is 10.6 Å². The van der Waals surface area contributed by atoms with Crippen LogP contribution >= 0.6 is 23.2 Å². The van der Waals surface area contributed by atoms with Crippen LogP contribution in [0.3, 0.4) is 0 Å². The SMILES string of the molecule is COC(=O)[C@@H](Cc1c(Cl)cccc1Cl)NC(=O)[C@H](Cc1ccc(F)cc1)NC(C)=O. The molecule has 2 amide bonds. The third-order valence-electron chi connectivity index (χ3n) is 4.32. The molecule has 0 radical (unpaired) electrons. The van der Waals surface area contributed by atoms with Crippen molar-refractivity contribution in [2.45, 2.75) is 31.8 Å². The number of esters is 1. The molecule has 0 aliphatic rings. The number of rotatable bonds is 8. The van der Waals surface area contributed by atoms with Crippen LogP contribution in [0.15, 0.2) is 42.5 Å². The van der Waals surface area contributed by atoms with Crippen molar-refractivity contribution < 1.29 is 23.5 Å². The molecule has 9 heteroatoms. The molecule has 0 aliphatic carbocycles. The number of ether oxygens (including phenoxy) is 1. The van der Waals surface area contributed by atoms with Gasteiger partial charge in [-0.05, 0) is 35.4 Å². The van der Waals surface area contributed by atoms with Crippen LogP contribution in [0.25, 0.3) is 0 Å². The number of carbonyl (C=O) groups excluding carboxylic acids is 3. The summed E-state index contributed by atoms with van der Waals surface area (Å²) in [6.07, 6.45) is 0.104. The summed E-state index contributed by atoms with van der Waals surface area (Å²) in [6.45, 7) is 1.27. The smallest absolute Gasteiger partial charge is 0.328 e. The van der Waals surface area contributed by atoms with E-state index in [1.54, 1.807) is 18.2 Å². The van der Waals surface area contributed by atoms with Crippen molar-refractivity contribution in [2.75, 3.05) is 7.11 Å². The van der Waals surface area contributed by atoms with Crippen molar-refractivity contribution in [2.24, 2.45) is 0 Å². The quantitative estimate of drug-likeness (QED) is 0.600. The fourth-order valence-corrected chi connectivity index (χ4v) is 3.40. The van der Waals surface area contributed by atoms with Gasteiger partial charge in [-0.3, -0.25) is 9.59 Å². The number of halogens is 3. The lowest BCUT2D eigenvalue weighted by Gasteiger charge is -2.22. The average molecular weight is 455 g/mol. The minimum atomic E-state index is -1.08. The van der Waals surface area contributed by atoms with Crippen LogP contribution < -0.4 is 10.6 Å². The van der Waals surface area contributed by atoms with Gasteiger partial charge >= 0.3 is 5.97 Å². The van der Waals surface area contributed by atoms with E-state index in [-0.39, 0.29) is 12.8 Å². The summed E-state index contributed by atoms with van der Waals surface area (Å²) in [5, 5.41) is 5.82. The van der Waals surface area contributed by atoms with E-state index >= 15 is 0 Å². The maximum absolute atomic E-state index is 13.1. The Morgan fingerprint density at radius 2 is 1.57 bits per heavy atom. The number of benzene rings is 2. The molecule has 2 aromatic carbocycles. The summed E-state index contributed by atoms with van der Waals surface area (Å²) in [4.78, 5) is 36.7. The predicted molar refractivity (Wildman–Crippen MR) is 112 cm³/mol. The van der Waals surface area contributed by atoms with Crippen LogP contribution in [0.5, 0.6) is 0 Å². The van der Waals surface area contributed by atoms with Crippen molar-refractivity contribution in [3.05, 3.63) is 69.5 Å². The molecule has 0 bridgehead atoms. The molecule has 0 saturated carbocycles. The van der Waals surface area contributed by atoms with E-state index < -0.39 is 35.7 Å². The molecule has 2 rings (SSSR count). The first-order valence-electron chi connectivity index (χ1n) is 9.04. The highest BCUT2D eigenvalue weighted by molar-refractivity contribution is 6.36. The van der Waals surface area contributed by atoms with Crippen LogP contribution in [-0.2, 0) is 32.0 Å². The Kier molecular flexibility index (Phi) is 8.62. The number of amides is 2. The molecule has 0 spiro atoms. The Hall–Kier alpha value is -2.64. The minimum absolute atomic E-state index is 0.000258. The van der Waals surface area contributed by atoms with Gasteiger partial charge in [-0.1, -0.05) is 41.4 Å². The minimum Gasteiger partial charge on any atom is -0.467 e. The fourth-order valence-electron chi connectivity index (χ4n) is 2.85. The molecule has 0 heterocycles. The van der Waals surface area contributed by atoms with Crippen LogP contribution in [0, 0.1) is 5.82 Å². The summed E-state index contributed by atoms with van der Waals surface area (Å²) in [5.41, 5.74) is 1.11. The summed E-state index contributed by atoms with van der Waals surface area (Å²) >= 11 is 12.3. The van der Waals surface area contributed by atoms with E-state index in [1.807, 2.05) is 0 Å². The first kappa shape index (κ1) is 23.6. The second-order valence-corrected chi connectivity index (χ2v) is 7.39. The zero-order chi connectivity index (χ0) is 22.3. The van der Waals surface area contributed by atoms with Gasteiger partial charge in [0.2, 0.25) is 11.8 Å². The number of hydrogen-bond donors (Lipinski definition) is 2. The van der Waals surface area contributed by atoms with Gasteiger partial charge in [-0.25, -0.2) is 9.18 Å². The third-order valence-corrected chi connectivity index (χ3v) is 5.03. The molecule has 2 atom stereocenters. The topological polar surface area (TPSA) is 84.5 Å². The molecular weight excluding hydrogens is 434 g/mol. The van der Waals surface area contributed by atoms with Crippen molar-refractivity contribution >= 4 is 41.0 Å². The lowest BCUT2D eigenvalue weighted by Crippen LogP contribution is -2.53. The summed E-state index contributed by atoms with van der Waals surface area (Å²) < 4.78 is 17.9. The molecular formula is C21H21Cl2FN2O4. The first-order chi connectivity index (χ1) is 14.2. The highest BCUT2D eigenvalue weighted by atomic mass is 35.5. The zero-order valence-electron chi connectivity index (χ0n) is 16.4. The normalized spacial score (nSPS) is 12.6. The molecule has 0 fully saturated rings. The highest BCUT2D eigenvalue weighted by Crippen LogP contribution is 2.25. The Bertz CT molecular complexity index is 901. The van der Waals surface area contributed by atoms with Crippen LogP contribution in [-0.4, -0.2) is 37.0 Å². The zero-order valence-corrected chi connectivity index (χ0v) is 17.9. The number of methoxy groups -OCH3 is 1. The summed E-state index contributed by atoms with van der Waals surface area (Å²) in [7, 11) is 1.19. The predicted octanol–water partition coefficient (Wildman–Crippen LogP) is 3.08. The molecule has 0 aliphatic heterocycles. The second kappa shape index (κ2) is 10.9. The van der Waals surface area contributed by atoms with Crippen molar-refractivity contribution in [1.29, 1.82) is 0 Å². The van der Waals surface area contributed by atoms with E-state index in [2.05, 4.69) is 10.6 Å². The Labute approximate surface area is 183 Å². The molecule has 160 valence electrons. The molecule has 30 heavy (non-hydrogen) atoms. The molecule has 2 aromatic rings. The maximum Gasteiger partial charge on any atom is 0.328 e. The van der Waals surface area contributed by atoms with E-state index in [0.717, 1.165) is 0 Å². The summed E-state index contributed by atoms with van der Waals surface area (Å²) in [5.74, 6) is -2.14. The van der Waals surface area contributed by atoms with Gasteiger partial charge in [0, 0.05) is 29.8 Å². The summed E-state index contributed by atoms with van der Waals surface area (Å²) in [6, 6.07) is 8.38. The van der Waals surface area contributed by atoms with Gasteiger partial charge in [0.15, 0.2) is 0 Å².